The van der Waals surface area contributed by atoms with E-state index in [4.69, 9.17) is 4.74 Å². The topological polar surface area (TPSA) is 67.4 Å². The highest BCUT2D eigenvalue weighted by Gasteiger charge is 2.34. The van der Waals surface area contributed by atoms with Gasteiger partial charge < -0.3 is 15.4 Å². The van der Waals surface area contributed by atoms with Crippen molar-refractivity contribution in [2.24, 2.45) is 5.92 Å². The minimum Gasteiger partial charge on any atom is -0.493 e. The lowest BCUT2D eigenvalue weighted by atomic mass is 10.1. The van der Waals surface area contributed by atoms with Gasteiger partial charge in [0.1, 0.15) is 5.75 Å². The third kappa shape index (κ3) is 6.00. The normalized spacial score (nSPS) is 11.2. The molecule has 8 heteroatoms. The fourth-order valence-corrected chi connectivity index (χ4v) is 2.35. The molecular weight excluding hydrogens is 373 g/mol. The van der Waals surface area contributed by atoms with Gasteiger partial charge in [-0.15, -0.1) is 0 Å². The summed E-state index contributed by atoms with van der Waals surface area (Å²) in [7, 11) is 0. The third-order valence-electron chi connectivity index (χ3n) is 3.57. The first-order valence-corrected chi connectivity index (χ1v) is 8.59. The van der Waals surface area contributed by atoms with Crippen LogP contribution in [-0.4, -0.2) is 18.4 Å². The van der Waals surface area contributed by atoms with E-state index in [0.29, 0.717) is 12.4 Å². The van der Waals surface area contributed by atoms with Crippen molar-refractivity contribution in [1.82, 2.24) is 0 Å². The standard InChI is InChI=1S/C20H21F3N2O3/c1-12(2)11-28-16-6-4-5-14(9-16)19(27)25-18-8-7-15(24-13(3)26)10-17(18)20(21,22)23/h4-10,12H,11H2,1-3H3,(H,24,26)(H,25,27). The summed E-state index contributed by atoms with van der Waals surface area (Å²) in [5, 5.41) is 4.57. The summed E-state index contributed by atoms with van der Waals surface area (Å²) in [6.45, 7) is 5.59. The number of rotatable bonds is 6. The monoisotopic (exact) mass is 394 g/mol. The van der Waals surface area contributed by atoms with Crippen molar-refractivity contribution < 1.29 is 27.5 Å². The summed E-state index contributed by atoms with van der Waals surface area (Å²) in [5.41, 5.74) is -1.30. The van der Waals surface area contributed by atoms with E-state index in [1.165, 1.54) is 25.1 Å². The molecule has 0 aliphatic heterocycles. The average molecular weight is 394 g/mol. The van der Waals surface area contributed by atoms with Gasteiger partial charge in [0, 0.05) is 18.2 Å². The Hall–Kier alpha value is -3.03. The molecule has 0 radical (unpaired) electrons. The fraction of sp³-hybridized carbons (Fsp3) is 0.300. The van der Waals surface area contributed by atoms with E-state index in [1.54, 1.807) is 12.1 Å². The van der Waals surface area contributed by atoms with E-state index in [9.17, 15) is 22.8 Å². The Balaban J connectivity index is 2.25. The predicted molar refractivity (Wildman–Crippen MR) is 100 cm³/mol. The molecule has 0 aromatic heterocycles. The van der Waals surface area contributed by atoms with E-state index in [1.807, 2.05) is 13.8 Å². The maximum Gasteiger partial charge on any atom is 0.418 e. The van der Waals surface area contributed by atoms with Crippen LogP contribution in [0, 0.1) is 5.92 Å². The molecule has 0 fully saturated rings. The van der Waals surface area contributed by atoms with E-state index < -0.39 is 29.2 Å². The Labute approximate surface area is 160 Å². The minimum atomic E-state index is -4.71. The van der Waals surface area contributed by atoms with Crippen molar-refractivity contribution in [2.75, 3.05) is 17.2 Å². The molecule has 0 saturated heterocycles. The summed E-state index contributed by atoms with van der Waals surface area (Å²) in [6.07, 6.45) is -4.71. The first-order valence-electron chi connectivity index (χ1n) is 8.59. The Bertz CT molecular complexity index is 864. The summed E-state index contributed by atoms with van der Waals surface area (Å²) >= 11 is 0. The van der Waals surface area contributed by atoms with Crippen LogP contribution in [0.25, 0.3) is 0 Å². The van der Waals surface area contributed by atoms with Crippen LogP contribution in [0.2, 0.25) is 0 Å². The Kier molecular flexibility index (Phi) is 6.66. The Morgan fingerprint density at radius 1 is 1.07 bits per heavy atom. The second-order valence-electron chi connectivity index (χ2n) is 6.63. The molecule has 0 aliphatic carbocycles. The molecule has 0 saturated carbocycles. The van der Waals surface area contributed by atoms with Crippen molar-refractivity contribution in [2.45, 2.75) is 26.9 Å². The van der Waals surface area contributed by atoms with Gasteiger partial charge in [-0.25, -0.2) is 0 Å². The number of alkyl halides is 3. The first kappa shape index (κ1) is 21.3. The van der Waals surface area contributed by atoms with Gasteiger partial charge in [-0.2, -0.15) is 13.2 Å². The van der Waals surface area contributed by atoms with Crippen molar-refractivity contribution in [1.29, 1.82) is 0 Å². The third-order valence-corrected chi connectivity index (χ3v) is 3.57. The highest BCUT2D eigenvalue weighted by molar-refractivity contribution is 6.05. The maximum absolute atomic E-state index is 13.4. The lowest BCUT2D eigenvalue weighted by Gasteiger charge is -2.16. The minimum absolute atomic E-state index is 0.0121. The number of nitrogens with one attached hydrogen (secondary N) is 2. The van der Waals surface area contributed by atoms with Gasteiger partial charge in [0.15, 0.2) is 0 Å². The quantitative estimate of drug-likeness (QED) is 0.728. The van der Waals surface area contributed by atoms with Crippen LogP contribution in [0.1, 0.15) is 36.7 Å². The zero-order chi connectivity index (χ0) is 20.9. The summed E-state index contributed by atoms with van der Waals surface area (Å²) in [5.74, 6) is -0.455. The highest BCUT2D eigenvalue weighted by Crippen LogP contribution is 2.37. The number of ether oxygens (including phenoxy) is 1. The van der Waals surface area contributed by atoms with Crippen LogP contribution in [0.3, 0.4) is 0 Å². The second-order valence-corrected chi connectivity index (χ2v) is 6.63. The average Bonchev–Trinajstić information content (AvgIpc) is 2.60. The molecule has 2 rings (SSSR count). The van der Waals surface area contributed by atoms with Crippen LogP contribution in [-0.2, 0) is 11.0 Å². The SMILES string of the molecule is CC(=O)Nc1ccc(NC(=O)c2cccc(OCC(C)C)c2)c(C(F)(F)F)c1. The van der Waals surface area contributed by atoms with Crippen LogP contribution in [0.4, 0.5) is 24.5 Å². The van der Waals surface area contributed by atoms with Crippen molar-refractivity contribution in [3.63, 3.8) is 0 Å². The number of benzene rings is 2. The van der Waals surface area contributed by atoms with Crippen LogP contribution < -0.4 is 15.4 Å². The largest absolute Gasteiger partial charge is 0.493 e. The summed E-state index contributed by atoms with van der Waals surface area (Å²) in [6, 6.07) is 9.38. The molecule has 2 aromatic carbocycles. The lowest BCUT2D eigenvalue weighted by Crippen LogP contribution is -2.17. The molecular formula is C20H21F3N2O3. The maximum atomic E-state index is 13.4. The second kappa shape index (κ2) is 8.77. The Morgan fingerprint density at radius 2 is 1.79 bits per heavy atom. The number of carbonyl (C=O) groups is 2. The van der Waals surface area contributed by atoms with Crippen LogP contribution in [0.15, 0.2) is 42.5 Å². The number of amides is 2. The van der Waals surface area contributed by atoms with E-state index in [0.717, 1.165) is 12.1 Å². The smallest absolute Gasteiger partial charge is 0.418 e. The van der Waals surface area contributed by atoms with Crippen LogP contribution >= 0.6 is 0 Å². The van der Waals surface area contributed by atoms with Gasteiger partial charge >= 0.3 is 6.18 Å². The zero-order valence-corrected chi connectivity index (χ0v) is 15.7. The van der Waals surface area contributed by atoms with Crippen LogP contribution in [0.5, 0.6) is 5.75 Å². The summed E-state index contributed by atoms with van der Waals surface area (Å²) in [4.78, 5) is 23.5. The van der Waals surface area contributed by atoms with Gasteiger partial charge in [-0.1, -0.05) is 19.9 Å². The molecule has 2 aromatic rings. The molecule has 28 heavy (non-hydrogen) atoms. The molecule has 5 nitrogen and oxygen atoms in total. The van der Waals surface area contributed by atoms with Gasteiger partial charge in [0.2, 0.25) is 5.91 Å². The molecule has 0 bridgehead atoms. The number of carbonyl (C=O) groups excluding carboxylic acids is 2. The van der Waals surface area contributed by atoms with Crippen molar-refractivity contribution >= 4 is 23.2 Å². The molecule has 0 aliphatic rings. The predicted octanol–water partition coefficient (Wildman–Crippen LogP) is 4.95. The van der Waals surface area contributed by atoms with Crippen molar-refractivity contribution in [3.05, 3.63) is 53.6 Å². The van der Waals surface area contributed by atoms with E-state index >= 15 is 0 Å². The molecule has 0 heterocycles. The number of anilines is 2. The molecule has 0 atom stereocenters. The molecule has 0 unspecified atom stereocenters. The Morgan fingerprint density at radius 3 is 2.39 bits per heavy atom. The molecule has 150 valence electrons. The zero-order valence-electron chi connectivity index (χ0n) is 15.7. The van der Waals surface area contributed by atoms with Gasteiger partial charge in [-0.3, -0.25) is 9.59 Å². The van der Waals surface area contributed by atoms with E-state index in [2.05, 4.69) is 10.6 Å². The van der Waals surface area contributed by atoms with E-state index in [-0.39, 0.29) is 17.2 Å². The number of hydrogen-bond acceptors (Lipinski definition) is 3. The molecule has 2 amide bonds. The van der Waals surface area contributed by atoms with Gasteiger partial charge in [0.25, 0.3) is 5.91 Å². The molecule has 2 N–H and O–H groups in total. The number of hydrogen-bond donors (Lipinski definition) is 2. The van der Waals surface area contributed by atoms with Crippen molar-refractivity contribution in [3.8, 4) is 5.75 Å². The lowest BCUT2D eigenvalue weighted by molar-refractivity contribution is -0.137. The molecule has 0 spiro atoms. The van der Waals surface area contributed by atoms with Gasteiger partial charge in [-0.05, 0) is 42.3 Å². The highest BCUT2D eigenvalue weighted by atomic mass is 19.4. The fourth-order valence-electron chi connectivity index (χ4n) is 2.35. The first-order chi connectivity index (χ1) is 13.1. The summed E-state index contributed by atoms with van der Waals surface area (Å²) < 4.78 is 45.7. The number of halogens is 3. The van der Waals surface area contributed by atoms with Gasteiger partial charge in [0.05, 0.1) is 17.9 Å².